The molecule has 1 aromatic carbocycles. The average molecular weight is 383 g/mol. The molecule has 1 atom stereocenters. The number of carbonyl (C=O) groups excluding carboxylic acids is 1. The van der Waals surface area contributed by atoms with Crippen molar-refractivity contribution in [2.75, 3.05) is 0 Å². The maximum atomic E-state index is 12.2. The van der Waals surface area contributed by atoms with Crippen LogP contribution < -0.4 is 0 Å². The molecule has 0 aliphatic heterocycles. The fourth-order valence-electron chi connectivity index (χ4n) is 2.04. The van der Waals surface area contributed by atoms with Gasteiger partial charge in [-0.15, -0.1) is 10.2 Å². The van der Waals surface area contributed by atoms with E-state index in [0.29, 0.717) is 0 Å². The van der Waals surface area contributed by atoms with Crippen molar-refractivity contribution in [1.82, 2.24) is 10.2 Å². The Bertz CT molecular complexity index is 692. The van der Waals surface area contributed by atoms with Crippen LogP contribution in [-0.2, 0) is 9.53 Å². The molecular weight excluding hydrogens is 364 g/mol. The third-order valence-corrected chi connectivity index (χ3v) is 4.53. The van der Waals surface area contributed by atoms with Gasteiger partial charge in [0, 0.05) is 5.56 Å². The van der Waals surface area contributed by atoms with E-state index in [2.05, 4.69) is 26.1 Å². The van der Waals surface area contributed by atoms with Gasteiger partial charge in [-0.3, -0.25) is 4.79 Å². The summed E-state index contributed by atoms with van der Waals surface area (Å²) in [5, 5.41) is 8.97. The van der Waals surface area contributed by atoms with Crippen LogP contribution >= 0.6 is 27.3 Å². The van der Waals surface area contributed by atoms with Crippen molar-refractivity contribution in [2.24, 2.45) is 0 Å². The Morgan fingerprint density at radius 3 is 2.50 bits per heavy atom. The van der Waals surface area contributed by atoms with Crippen molar-refractivity contribution in [3.05, 3.63) is 33.2 Å². The minimum atomic E-state index is -0.473. The summed E-state index contributed by atoms with van der Waals surface area (Å²) >= 11 is 4.81. The Labute approximate surface area is 143 Å². The lowest BCUT2D eigenvalue weighted by molar-refractivity contribution is -0.156. The molecular formula is C16H19BrN2O2S. The van der Waals surface area contributed by atoms with Crippen molar-refractivity contribution < 1.29 is 9.53 Å². The number of carbonyl (C=O) groups is 1. The molecule has 1 aromatic heterocycles. The number of hydrogen-bond donors (Lipinski definition) is 0. The van der Waals surface area contributed by atoms with Gasteiger partial charge in [0.05, 0.1) is 5.92 Å². The third kappa shape index (κ3) is 4.14. The van der Waals surface area contributed by atoms with Crippen molar-refractivity contribution in [2.45, 2.75) is 46.1 Å². The van der Waals surface area contributed by atoms with Crippen molar-refractivity contribution >= 4 is 33.2 Å². The molecule has 6 heteroatoms. The number of aromatic nitrogens is 2. The Hall–Kier alpha value is -1.27. The van der Waals surface area contributed by atoms with Gasteiger partial charge in [-0.2, -0.15) is 0 Å². The summed E-state index contributed by atoms with van der Waals surface area (Å²) in [5.41, 5.74) is 2.57. The Morgan fingerprint density at radius 1 is 1.32 bits per heavy atom. The van der Waals surface area contributed by atoms with E-state index >= 15 is 0 Å². The second-order valence-corrected chi connectivity index (χ2v) is 8.44. The molecule has 0 aliphatic carbocycles. The van der Waals surface area contributed by atoms with Crippen LogP contribution in [0.5, 0.6) is 0 Å². The summed E-state index contributed by atoms with van der Waals surface area (Å²) in [6, 6.07) is 5.95. The molecule has 0 fully saturated rings. The zero-order valence-electron chi connectivity index (χ0n) is 13.3. The first-order chi connectivity index (χ1) is 10.2. The lowest BCUT2D eigenvalue weighted by Crippen LogP contribution is -2.26. The molecule has 0 aliphatic rings. The van der Waals surface area contributed by atoms with Gasteiger partial charge >= 0.3 is 5.97 Å². The van der Waals surface area contributed by atoms with E-state index in [0.717, 1.165) is 25.6 Å². The number of benzene rings is 1. The molecule has 118 valence electrons. The highest BCUT2D eigenvalue weighted by Crippen LogP contribution is 2.31. The molecule has 4 nitrogen and oxygen atoms in total. The topological polar surface area (TPSA) is 52.1 Å². The van der Waals surface area contributed by atoms with Crippen molar-refractivity contribution in [1.29, 1.82) is 0 Å². The Balaban J connectivity index is 2.24. The number of aryl methyl sites for hydroxylation is 1. The van der Waals surface area contributed by atoms with Gasteiger partial charge in [0.15, 0.2) is 3.92 Å². The molecule has 1 heterocycles. The molecule has 0 bridgehead atoms. The molecule has 0 saturated heterocycles. The second-order valence-electron chi connectivity index (χ2n) is 6.19. The number of ether oxygens (including phenoxy) is 1. The van der Waals surface area contributed by atoms with E-state index in [9.17, 15) is 4.79 Å². The first-order valence-corrected chi connectivity index (χ1v) is 8.61. The fourth-order valence-corrected chi connectivity index (χ4v) is 3.24. The molecule has 1 unspecified atom stereocenters. The van der Waals surface area contributed by atoms with Gasteiger partial charge < -0.3 is 4.74 Å². The summed E-state index contributed by atoms with van der Waals surface area (Å²) in [4.78, 5) is 12.2. The van der Waals surface area contributed by atoms with Crippen LogP contribution in [0.25, 0.3) is 10.6 Å². The van der Waals surface area contributed by atoms with E-state index in [1.54, 1.807) is 0 Å². The number of rotatable bonds is 3. The lowest BCUT2D eigenvalue weighted by Gasteiger charge is -2.22. The van der Waals surface area contributed by atoms with Gasteiger partial charge in [0.1, 0.15) is 10.6 Å². The standard InChI is InChI=1S/C16H19BrN2O2S/c1-9-8-11(10(2)14(20)21-16(3,4)5)6-7-12(9)13-18-19-15(17)22-13/h6-8,10H,1-5H3. The summed E-state index contributed by atoms with van der Waals surface area (Å²) in [5.74, 6) is -0.508. The monoisotopic (exact) mass is 382 g/mol. The number of esters is 1. The normalized spacial score (nSPS) is 13.0. The minimum Gasteiger partial charge on any atom is -0.460 e. The number of hydrogen-bond acceptors (Lipinski definition) is 5. The van der Waals surface area contributed by atoms with E-state index in [4.69, 9.17) is 4.74 Å². The minimum absolute atomic E-state index is 0.210. The zero-order chi connectivity index (χ0) is 16.5. The SMILES string of the molecule is Cc1cc(C(C)C(=O)OC(C)(C)C)ccc1-c1nnc(Br)s1. The quantitative estimate of drug-likeness (QED) is 0.720. The van der Waals surface area contributed by atoms with E-state index < -0.39 is 5.60 Å². The van der Waals surface area contributed by atoms with E-state index in [1.165, 1.54) is 11.3 Å². The highest BCUT2D eigenvalue weighted by molar-refractivity contribution is 9.11. The van der Waals surface area contributed by atoms with E-state index in [1.807, 2.05) is 52.8 Å². The number of nitrogens with zero attached hydrogens (tertiary/aromatic N) is 2. The molecule has 0 saturated carbocycles. The zero-order valence-corrected chi connectivity index (χ0v) is 15.7. The average Bonchev–Trinajstić information content (AvgIpc) is 2.82. The summed E-state index contributed by atoms with van der Waals surface area (Å²) in [6.45, 7) is 9.50. The van der Waals surface area contributed by atoms with E-state index in [-0.39, 0.29) is 11.9 Å². The van der Waals surface area contributed by atoms with Gasteiger partial charge in [-0.25, -0.2) is 0 Å². The van der Waals surface area contributed by atoms with Crippen LogP contribution in [0.4, 0.5) is 0 Å². The smallest absolute Gasteiger partial charge is 0.313 e. The Kier molecular flexibility index (Phi) is 5.02. The summed E-state index contributed by atoms with van der Waals surface area (Å²) in [6.07, 6.45) is 0. The lowest BCUT2D eigenvalue weighted by atomic mass is 9.96. The maximum absolute atomic E-state index is 12.2. The highest BCUT2D eigenvalue weighted by atomic mass is 79.9. The van der Waals surface area contributed by atoms with Crippen LogP contribution in [0.1, 0.15) is 44.7 Å². The molecule has 2 rings (SSSR count). The largest absolute Gasteiger partial charge is 0.460 e. The van der Waals surface area contributed by atoms with Gasteiger partial charge in [0.25, 0.3) is 0 Å². The summed E-state index contributed by atoms with van der Waals surface area (Å²) in [7, 11) is 0. The first kappa shape index (κ1) is 17.1. The molecule has 0 N–H and O–H groups in total. The highest BCUT2D eigenvalue weighted by Gasteiger charge is 2.23. The van der Waals surface area contributed by atoms with Crippen LogP contribution in [0.2, 0.25) is 0 Å². The second kappa shape index (κ2) is 6.46. The number of halogens is 1. The van der Waals surface area contributed by atoms with Crippen LogP contribution in [0, 0.1) is 6.92 Å². The van der Waals surface area contributed by atoms with Crippen LogP contribution in [0.3, 0.4) is 0 Å². The molecule has 2 aromatic rings. The predicted octanol–water partition coefficient (Wildman–Crippen LogP) is 4.72. The Morgan fingerprint density at radius 2 is 2.00 bits per heavy atom. The van der Waals surface area contributed by atoms with Crippen molar-refractivity contribution in [3.8, 4) is 10.6 Å². The van der Waals surface area contributed by atoms with Crippen molar-refractivity contribution in [3.63, 3.8) is 0 Å². The predicted molar refractivity (Wildman–Crippen MR) is 92.0 cm³/mol. The first-order valence-electron chi connectivity index (χ1n) is 7.00. The molecule has 0 amide bonds. The van der Waals surface area contributed by atoms with Gasteiger partial charge in [-0.1, -0.05) is 29.5 Å². The molecule has 0 radical (unpaired) electrons. The fraction of sp³-hybridized carbons (Fsp3) is 0.438. The van der Waals surface area contributed by atoms with Crippen LogP contribution in [0.15, 0.2) is 22.1 Å². The summed E-state index contributed by atoms with van der Waals surface area (Å²) < 4.78 is 6.20. The van der Waals surface area contributed by atoms with Crippen LogP contribution in [-0.4, -0.2) is 21.8 Å². The maximum Gasteiger partial charge on any atom is 0.313 e. The molecule has 22 heavy (non-hydrogen) atoms. The van der Waals surface area contributed by atoms with Gasteiger partial charge in [-0.05, 0) is 61.7 Å². The van der Waals surface area contributed by atoms with Gasteiger partial charge in [0.2, 0.25) is 0 Å². The third-order valence-electron chi connectivity index (χ3n) is 3.14. The molecule has 0 spiro atoms.